The number of halogens is 6. The summed E-state index contributed by atoms with van der Waals surface area (Å²) in [6, 6.07) is 3.28. The molecule has 0 amide bonds. The number of nitrogens with zero attached hydrogens (tertiary/aromatic N) is 2. The van der Waals surface area contributed by atoms with Gasteiger partial charge in [-0.25, -0.2) is 9.37 Å². The lowest BCUT2D eigenvalue weighted by Gasteiger charge is -2.43. The summed E-state index contributed by atoms with van der Waals surface area (Å²) in [6.07, 6.45) is -4.07. The van der Waals surface area contributed by atoms with Crippen molar-refractivity contribution in [2.45, 2.75) is 38.0 Å². The molecule has 0 spiro atoms. The van der Waals surface area contributed by atoms with Crippen molar-refractivity contribution in [2.75, 3.05) is 32.9 Å². The summed E-state index contributed by atoms with van der Waals surface area (Å²) in [6.45, 7) is 1.05. The van der Waals surface area contributed by atoms with E-state index in [4.69, 9.17) is 16.3 Å². The van der Waals surface area contributed by atoms with Crippen molar-refractivity contribution in [2.24, 2.45) is 5.92 Å². The lowest BCUT2D eigenvalue weighted by molar-refractivity contribution is -0.193. The monoisotopic (exact) mass is 574 g/mol. The minimum Gasteiger partial charge on any atom is -0.481 e. The molecule has 0 radical (unpaired) electrons. The van der Waals surface area contributed by atoms with Crippen molar-refractivity contribution in [3.63, 3.8) is 0 Å². The van der Waals surface area contributed by atoms with Gasteiger partial charge in [-0.3, -0.25) is 14.1 Å². The van der Waals surface area contributed by atoms with Crippen LogP contribution in [0.25, 0.3) is 10.9 Å². The molecule has 0 bridgehead atoms. The third kappa shape index (κ3) is 6.12. The average Bonchev–Trinajstić information content (AvgIpc) is 3.25. The number of fused-ring (bicyclic) bond motifs is 3. The minimum absolute atomic E-state index is 0.0390. The number of carboxylic acid groups (broad SMARTS) is 1. The highest BCUT2D eigenvalue weighted by Gasteiger charge is 2.52. The van der Waals surface area contributed by atoms with Crippen molar-refractivity contribution < 1.29 is 36.6 Å². The molecule has 7 nitrogen and oxygen atoms in total. The van der Waals surface area contributed by atoms with Crippen LogP contribution in [0.2, 0.25) is 5.02 Å². The topological polar surface area (TPSA) is 90.5 Å². The number of ether oxygens (including phenoxy) is 1. The second-order valence-corrected chi connectivity index (χ2v) is 9.82. The van der Waals surface area contributed by atoms with E-state index in [9.17, 15) is 27.5 Å². The molecule has 0 fully saturated rings. The van der Waals surface area contributed by atoms with Gasteiger partial charge in [0.2, 0.25) is 5.88 Å². The maximum absolute atomic E-state index is 15.5. The maximum Gasteiger partial charge on any atom is 0.404 e. The number of alkyl halides is 4. The van der Waals surface area contributed by atoms with E-state index in [1.165, 1.54) is 6.92 Å². The second kappa shape index (κ2) is 12.1. The van der Waals surface area contributed by atoms with Crippen molar-refractivity contribution in [3.8, 4) is 5.88 Å². The van der Waals surface area contributed by atoms with Crippen molar-refractivity contribution >= 4 is 28.5 Å². The Labute approximate surface area is 226 Å². The number of benzene rings is 1. The van der Waals surface area contributed by atoms with E-state index in [1.54, 1.807) is 24.3 Å². The van der Waals surface area contributed by atoms with Gasteiger partial charge in [0, 0.05) is 35.2 Å². The van der Waals surface area contributed by atoms with Crippen LogP contribution in [-0.4, -0.2) is 71.1 Å². The van der Waals surface area contributed by atoms with Gasteiger partial charge in [-0.2, -0.15) is 13.2 Å². The van der Waals surface area contributed by atoms with Gasteiger partial charge in [0.15, 0.2) is 0 Å². The Bertz CT molecular complexity index is 1320. The van der Waals surface area contributed by atoms with Crippen LogP contribution in [0.3, 0.4) is 0 Å². The van der Waals surface area contributed by atoms with Crippen LogP contribution in [0.5, 0.6) is 5.88 Å². The van der Waals surface area contributed by atoms with Crippen molar-refractivity contribution in [1.29, 1.82) is 0 Å². The normalized spacial score (nSPS) is 18.7. The number of aromatic nitrogens is 2. The minimum atomic E-state index is -4.76. The van der Waals surface area contributed by atoms with E-state index in [0.29, 0.717) is 41.7 Å². The van der Waals surface area contributed by atoms with Gasteiger partial charge in [-0.15, -0.1) is 0 Å². The Morgan fingerprint density at radius 3 is 2.77 bits per heavy atom. The molecule has 3 N–H and O–H groups in total. The Morgan fingerprint density at radius 1 is 1.33 bits per heavy atom. The van der Waals surface area contributed by atoms with Crippen LogP contribution in [0, 0.1) is 11.7 Å². The number of hydrogen-bond donors (Lipinski definition) is 3. The van der Waals surface area contributed by atoms with E-state index >= 15 is 4.39 Å². The fourth-order valence-electron chi connectivity index (χ4n) is 4.92. The number of para-hydroxylation sites is 1. The van der Waals surface area contributed by atoms with Gasteiger partial charge in [0.25, 0.3) is 0 Å². The maximum atomic E-state index is 15.5. The molecule has 3 aromatic rings. The highest BCUT2D eigenvalue weighted by atomic mass is 35.5. The highest BCUT2D eigenvalue weighted by molar-refractivity contribution is 6.32. The number of aliphatic carboxylic acids is 1. The van der Waals surface area contributed by atoms with Crippen LogP contribution >= 0.6 is 11.6 Å². The quantitative estimate of drug-likeness (QED) is 0.213. The molecule has 0 aliphatic carbocycles. The molecule has 39 heavy (non-hydrogen) atoms. The van der Waals surface area contributed by atoms with E-state index in [2.05, 4.69) is 15.3 Å². The molecule has 212 valence electrons. The molecular weight excluding hydrogens is 547 g/mol. The van der Waals surface area contributed by atoms with E-state index in [1.807, 2.05) is 0 Å². The summed E-state index contributed by atoms with van der Waals surface area (Å²) in [5.74, 6) is -3.63. The third-order valence-corrected chi connectivity index (χ3v) is 7.15. The molecule has 4 rings (SSSR count). The molecule has 1 aromatic carbocycles. The van der Waals surface area contributed by atoms with Gasteiger partial charge in [-0.05, 0) is 31.0 Å². The Kier molecular flexibility index (Phi) is 8.97. The number of hydrogen-bond acceptors (Lipinski definition) is 5. The summed E-state index contributed by atoms with van der Waals surface area (Å²) in [4.78, 5) is 19.7. The largest absolute Gasteiger partial charge is 0.481 e. The number of rotatable bonds is 11. The molecule has 3 heterocycles. The zero-order valence-electron chi connectivity index (χ0n) is 21.0. The van der Waals surface area contributed by atoms with Crippen LogP contribution in [0.1, 0.15) is 36.2 Å². The first kappa shape index (κ1) is 29.0. The summed E-state index contributed by atoms with van der Waals surface area (Å²) < 4.78 is 76.9. The fourth-order valence-corrected chi connectivity index (χ4v) is 5.22. The number of aromatic amines is 1. The number of H-pyrrole nitrogens is 1. The Balaban J connectivity index is 1.83. The molecule has 0 saturated carbocycles. The fraction of sp³-hybridized carbons (Fsp3) is 0.462. The lowest BCUT2D eigenvalue weighted by Crippen LogP contribution is -2.54. The summed E-state index contributed by atoms with van der Waals surface area (Å²) in [5, 5.41) is 12.7. The van der Waals surface area contributed by atoms with E-state index in [-0.39, 0.29) is 23.1 Å². The Morgan fingerprint density at radius 2 is 2.08 bits per heavy atom. The summed E-state index contributed by atoms with van der Waals surface area (Å²) in [5.41, 5.74) is 0.901. The zero-order valence-corrected chi connectivity index (χ0v) is 21.8. The van der Waals surface area contributed by atoms with Crippen LogP contribution < -0.4 is 10.1 Å². The van der Waals surface area contributed by atoms with Gasteiger partial charge < -0.3 is 20.1 Å². The molecule has 1 aliphatic heterocycles. The van der Waals surface area contributed by atoms with Gasteiger partial charge in [0.1, 0.15) is 23.5 Å². The number of carboxylic acids is 1. The second-order valence-electron chi connectivity index (χ2n) is 9.44. The highest BCUT2D eigenvalue weighted by Crippen LogP contribution is 2.48. The number of nitrogens with one attached hydrogen (secondary N) is 2. The average molecular weight is 575 g/mol. The third-order valence-electron chi connectivity index (χ3n) is 6.79. The SMILES string of the molecule is CC(CN1[C@H](c2c(F)cnc(OCCNCCCF)c2Cl)c2[nH]c3ccccc3c2C[C@H]1C(F)(F)F)C(=O)O. The van der Waals surface area contributed by atoms with Gasteiger partial charge in [-0.1, -0.05) is 36.7 Å². The molecule has 3 atom stereocenters. The predicted molar refractivity (Wildman–Crippen MR) is 135 cm³/mol. The predicted octanol–water partition coefficient (Wildman–Crippen LogP) is 5.28. The molecule has 13 heteroatoms. The zero-order chi connectivity index (χ0) is 28.3. The molecule has 0 saturated heterocycles. The van der Waals surface area contributed by atoms with Crippen molar-refractivity contribution in [3.05, 3.63) is 58.1 Å². The Hall–Kier alpha value is -2.96. The van der Waals surface area contributed by atoms with Crippen LogP contribution in [0.4, 0.5) is 22.0 Å². The van der Waals surface area contributed by atoms with Crippen LogP contribution in [-0.2, 0) is 11.2 Å². The van der Waals surface area contributed by atoms with E-state index < -0.39 is 55.6 Å². The summed E-state index contributed by atoms with van der Waals surface area (Å²) in [7, 11) is 0. The number of carbonyl (C=O) groups is 1. The lowest BCUT2D eigenvalue weighted by atomic mass is 9.87. The first-order chi connectivity index (χ1) is 18.5. The smallest absolute Gasteiger partial charge is 0.404 e. The van der Waals surface area contributed by atoms with Crippen molar-refractivity contribution in [1.82, 2.24) is 20.2 Å². The van der Waals surface area contributed by atoms with Crippen LogP contribution in [0.15, 0.2) is 30.5 Å². The molecule has 1 unspecified atom stereocenters. The molecular formula is C26H28ClF5N4O3. The molecule has 2 aromatic heterocycles. The summed E-state index contributed by atoms with van der Waals surface area (Å²) >= 11 is 6.57. The first-order valence-electron chi connectivity index (χ1n) is 12.4. The standard InChI is InChI=1S/C26H28ClF5N4O3/c1-14(25(37)38)13-36-19(26(30,31)32)11-16-15-5-2-3-6-18(15)35-22(16)23(36)20-17(29)12-34-24(21(20)27)39-10-9-33-8-4-7-28/h2-3,5-6,12,14,19,23,33,35H,4,7-11,13H2,1H3,(H,37,38)/t14?,19-,23+/m0/s1. The molecule has 1 aliphatic rings. The van der Waals surface area contributed by atoms with Gasteiger partial charge >= 0.3 is 12.1 Å². The number of pyridine rings is 1. The van der Waals surface area contributed by atoms with Gasteiger partial charge in [0.05, 0.1) is 24.8 Å². The first-order valence-corrected chi connectivity index (χ1v) is 12.8. The van der Waals surface area contributed by atoms with E-state index in [0.717, 1.165) is 11.1 Å².